The molecule has 0 unspecified atom stereocenters. The van der Waals surface area contributed by atoms with Crippen molar-refractivity contribution in [2.24, 2.45) is 5.92 Å². The summed E-state index contributed by atoms with van der Waals surface area (Å²) in [5, 5.41) is 6.03. The number of ether oxygens (including phenoxy) is 1. The summed E-state index contributed by atoms with van der Waals surface area (Å²) in [7, 11) is 0. The molecule has 0 radical (unpaired) electrons. The van der Waals surface area contributed by atoms with Gasteiger partial charge in [-0.25, -0.2) is 9.48 Å². The van der Waals surface area contributed by atoms with Gasteiger partial charge in [0.15, 0.2) is 5.69 Å². The van der Waals surface area contributed by atoms with Crippen LogP contribution in [0.25, 0.3) is 5.69 Å². The van der Waals surface area contributed by atoms with Gasteiger partial charge in [0.1, 0.15) is 5.78 Å². The molecule has 1 aliphatic rings. The van der Waals surface area contributed by atoms with E-state index >= 15 is 0 Å². The second-order valence-corrected chi connectivity index (χ2v) is 8.69. The van der Waals surface area contributed by atoms with Crippen LogP contribution >= 0.6 is 0 Å². The number of ketones is 1. The number of nitrogens with zero attached hydrogens (tertiary/aromatic N) is 3. The monoisotopic (exact) mass is 494 g/mol. The normalized spacial score (nSPS) is 14.7. The minimum atomic E-state index is -4.79. The van der Waals surface area contributed by atoms with Gasteiger partial charge in [0.05, 0.1) is 17.4 Å². The Labute approximate surface area is 201 Å². The lowest BCUT2D eigenvalue weighted by Crippen LogP contribution is -2.41. The molecule has 3 rings (SSSR count). The Morgan fingerprint density at radius 1 is 1.14 bits per heavy atom. The van der Waals surface area contributed by atoms with Gasteiger partial charge in [-0.15, -0.1) is 0 Å². The largest absolute Gasteiger partial charge is 0.447 e. The van der Waals surface area contributed by atoms with E-state index in [0.717, 1.165) is 10.9 Å². The highest BCUT2D eigenvalue weighted by Gasteiger charge is 2.39. The van der Waals surface area contributed by atoms with Crippen molar-refractivity contribution in [2.45, 2.75) is 51.8 Å². The topological polar surface area (TPSA) is 93.5 Å². The molecular weight excluding hydrogens is 465 g/mol. The molecule has 1 fully saturated rings. The quantitative estimate of drug-likeness (QED) is 0.555. The molecule has 2 aromatic rings. The van der Waals surface area contributed by atoms with Gasteiger partial charge < -0.3 is 15.0 Å². The van der Waals surface area contributed by atoms with E-state index < -0.39 is 23.3 Å². The number of rotatable bonds is 8. The zero-order valence-corrected chi connectivity index (χ0v) is 19.7. The van der Waals surface area contributed by atoms with Gasteiger partial charge >= 0.3 is 12.3 Å². The molecule has 1 aromatic carbocycles. The Balaban J connectivity index is 1.49. The van der Waals surface area contributed by atoms with Gasteiger partial charge in [-0.05, 0) is 45.2 Å². The summed E-state index contributed by atoms with van der Waals surface area (Å²) >= 11 is 0. The molecule has 8 nitrogen and oxygen atoms in total. The number of hydrogen-bond acceptors (Lipinski definition) is 5. The van der Waals surface area contributed by atoms with Crippen LogP contribution in [0.15, 0.2) is 36.5 Å². The zero-order chi connectivity index (χ0) is 25.6. The van der Waals surface area contributed by atoms with Crippen LogP contribution in [0.3, 0.4) is 0 Å². The summed E-state index contributed by atoms with van der Waals surface area (Å²) in [4.78, 5) is 38.5. The first-order valence-corrected chi connectivity index (χ1v) is 11.5. The maximum Gasteiger partial charge on any atom is 0.435 e. The van der Waals surface area contributed by atoms with Crippen molar-refractivity contribution in [2.75, 3.05) is 19.6 Å². The standard InChI is InChI=1S/C24H29F3N4O4/c1-16(2)35-23(34)30-13-10-17(11-14-30)20(32)9-6-12-28-22(33)19-15-31(18-7-4-3-5-8-18)29-21(19)24(25,26)27/h3-5,7-8,15-17H,6,9-14H2,1-2H3,(H,28,33). The van der Waals surface area contributed by atoms with Crippen LogP contribution in [-0.2, 0) is 15.7 Å². The number of piperidine rings is 1. The molecule has 35 heavy (non-hydrogen) atoms. The van der Waals surface area contributed by atoms with Crippen molar-refractivity contribution in [3.8, 4) is 5.69 Å². The first kappa shape index (κ1) is 26.2. The number of carbonyl (C=O) groups is 3. The van der Waals surface area contributed by atoms with E-state index in [9.17, 15) is 27.6 Å². The number of hydrogen-bond donors (Lipinski definition) is 1. The molecule has 0 spiro atoms. The third-order valence-electron chi connectivity index (χ3n) is 5.68. The number of likely N-dealkylation sites (tertiary alicyclic amines) is 1. The van der Waals surface area contributed by atoms with Crippen molar-refractivity contribution < 1.29 is 32.3 Å². The number of halogens is 3. The molecule has 2 amide bonds. The summed E-state index contributed by atoms with van der Waals surface area (Å²) in [6.45, 7) is 4.46. The van der Waals surface area contributed by atoms with Crippen LogP contribution in [0.4, 0.5) is 18.0 Å². The number of benzene rings is 1. The fourth-order valence-corrected chi connectivity index (χ4v) is 3.89. The van der Waals surface area contributed by atoms with Gasteiger partial charge in [-0.2, -0.15) is 18.3 Å². The Kier molecular flexibility index (Phi) is 8.52. The molecule has 0 aliphatic carbocycles. The van der Waals surface area contributed by atoms with Crippen molar-refractivity contribution >= 4 is 17.8 Å². The summed E-state index contributed by atoms with van der Waals surface area (Å²) in [5.74, 6) is -1.07. The SMILES string of the molecule is CC(C)OC(=O)N1CCC(C(=O)CCCNC(=O)c2cn(-c3ccccc3)nc2C(F)(F)F)CC1. The van der Waals surface area contributed by atoms with Crippen molar-refractivity contribution in [1.29, 1.82) is 0 Å². The highest BCUT2D eigenvalue weighted by molar-refractivity contribution is 5.95. The van der Waals surface area contributed by atoms with E-state index in [1.807, 2.05) is 0 Å². The highest BCUT2D eigenvalue weighted by atomic mass is 19.4. The Bertz CT molecular complexity index is 1030. The lowest BCUT2D eigenvalue weighted by Gasteiger charge is -2.31. The third kappa shape index (κ3) is 7.06. The predicted octanol–water partition coefficient (Wildman–Crippen LogP) is 4.23. The summed E-state index contributed by atoms with van der Waals surface area (Å²) in [5.41, 5.74) is -1.45. The highest BCUT2D eigenvalue weighted by Crippen LogP contribution is 2.31. The molecule has 0 saturated carbocycles. The minimum absolute atomic E-state index is 0.0176. The third-order valence-corrected chi connectivity index (χ3v) is 5.68. The van der Waals surface area contributed by atoms with E-state index in [4.69, 9.17) is 4.74 Å². The molecular formula is C24H29F3N4O4. The molecule has 2 heterocycles. The molecule has 11 heteroatoms. The molecule has 0 bridgehead atoms. The number of para-hydroxylation sites is 1. The Morgan fingerprint density at radius 2 is 1.80 bits per heavy atom. The Hall–Kier alpha value is -3.37. The van der Waals surface area contributed by atoms with Crippen LogP contribution in [0.1, 0.15) is 55.6 Å². The summed E-state index contributed by atoms with van der Waals surface area (Å²) in [6.07, 6.45) is -2.78. The maximum atomic E-state index is 13.4. The number of carbonyl (C=O) groups excluding carboxylic acids is 3. The predicted molar refractivity (Wildman–Crippen MR) is 121 cm³/mol. The first-order valence-electron chi connectivity index (χ1n) is 11.5. The van der Waals surface area contributed by atoms with Crippen molar-refractivity contribution in [3.63, 3.8) is 0 Å². The molecule has 190 valence electrons. The number of amides is 2. The fourth-order valence-electron chi connectivity index (χ4n) is 3.89. The molecule has 1 saturated heterocycles. The molecule has 1 N–H and O–H groups in total. The van der Waals surface area contributed by atoms with E-state index in [2.05, 4.69) is 10.4 Å². The lowest BCUT2D eigenvalue weighted by molar-refractivity contribution is -0.141. The minimum Gasteiger partial charge on any atom is -0.447 e. The van der Waals surface area contributed by atoms with Crippen LogP contribution in [-0.4, -0.2) is 58.2 Å². The van der Waals surface area contributed by atoms with E-state index in [1.54, 1.807) is 49.1 Å². The maximum absolute atomic E-state index is 13.4. The van der Waals surface area contributed by atoms with E-state index in [-0.39, 0.29) is 36.9 Å². The van der Waals surface area contributed by atoms with Crippen LogP contribution in [0.2, 0.25) is 0 Å². The molecule has 1 aromatic heterocycles. The number of aromatic nitrogens is 2. The first-order chi connectivity index (χ1) is 16.6. The smallest absolute Gasteiger partial charge is 0.435 e. The number of alkyl halides is 3. The number of Topliss-reactive ketones (excluding diaryl/α,β-unsaturated/α-hetero) is 1. The molecule has 0 atom stereocenters. The van der Waals surface area contributed by atoms with E-state index in [0.29, 0.717) is 38.0 Å². The van der Waals surface area contributed by atoms with Gasteiger partial charge in [0.2, 0.25) is 0 Å². The van der Waals surface area contributed by atoms with Crippen molar-refractivity contribution in [1.82, 2.24) is 20.0 Å². The second-order valence-electron chi connectivity index (χ2n) is 8.69. The van der Waals surface area contributed by atoms with Crippen LogP contribution in [0.5, 0.6) is 0 Å². The Morgan fingerprint density at radius 3 is 2.40 bits per heavy atom. The van der Waals surface area contributed by atoms with E-state index in [1.165, 1.54) is 0 Å². The van der Waals surface area contributed by atoms with Gasteiger partial charge in [0, 0.05) is 38.2 Å². The summed E-state index contributed by atoms with van der Waals surface area (Å²) in [6, 6.07) is 8.19. The van der Waals surface area contributed by atoms with Gasteiger partial charge in [0.25, 0.3) is 5.91 Å². The average molecular weight is 495 g/mol. The number of nitrogens with one attached hydrogen (secondary N) is 1. The van der Waals surface area contributed by atoms with Crippen LogP contribution < -0.4 is 5.32 Å². The van der Waals surface area contributed by atoms with Crippen molar-refractivity contribution in [3.05, 3.63) is 47.8 Å². The summed E-state index contributed by atoms with van der Waals surface area (Å²) < 4.78 is 46.5. The zero-order valence-electron chi connectivity index (χ0n) is 19.7. The lowest BCUT2D eigenvalue weighted by atomic mass is 9.90. The average Bonchev–Trinajstić information content (AvgIpc) is 3.28. The second kappa shape index (κ2) is 11.4. The van der Waals surface area contributed by atoms with Gasteiger partial charge in [-0.1, -0.05) is 18.2 Å². The van der Waals surface area contributed by atoms with Crippen LogP contribution in [0, 0.1) is 5.92 Å². The van der Waals surface area contributed by atoms with Gasteiger partial charge in [-0.3, -0.25) is 9.59 Å². The fraction of sp³-hybridized carbons (Fsp3) is 0.500. The molecule has 1 aliphatic heterocycles.